The van der Waals surface area contributed by atoms with Gasteiger partial charge in [-0.25, -0.2) is 9.97 Å². The molecule has 82 valence electrons. The van der Waals surface area contributed by atoms with Crippen LogP contribution in [0.15, 0.2) is 12.4 Å². The number of rotatable bonds is 3. The first-order chi connectivity index (χ1) is 7.18. The molecule has 1 aliphatic rings. The number of halogens is 1. The topological polar surface area (TPSA) is 67.3 Å². The van der Waals surface area contributed by atoms with E-state index in [9.17, 15) is 9.50 Å². The van der Waals surface area contributed by atoms with Gasteiger partial charge in [0.15, 0.2) is 0 Å². The van der Waals surface area contributed by atoms with Crippen LogP contribution in [0.25, 0.3) is 0 Å². The summed E-state index contributed by atoms with van der Waals surface area (Å²) in [6.07, 6.45) is 1.71. The van der Waals surface area contributed by atoms with E-state index in [4.69, 9.17) is 4.74 Å². The van der Waals surface area contributed by atoms with Crippen LogP contribution in [0.5, 0.6) is 0 Å². The molecule has 0 aromatic carbocycles. The van der Waals surface area contributed by atoms with Crippen molar-refractivity contribution in [2.75, 3.05) is 25.1 Å². The Labute approximate surface area is 86.3 Å². The van der Waals surface area contributed by atoms with Crippen LogP contribution in [-0.4, -0.2) is 40.4 Å². The first kappa shape index (κ1) is 10.3. The lowest BCUT2D eigenvalue weighted by molar-refractivity contribution is 0.0381. The molecule has 0 amide bonds. The van der Waals surface area contributed by atoms with Crippen molar-refractivity contribution in [1.82, 2.24) is 9.97 Å². The highest BCUT2D eigenvalue weighted by Gasteiger charge is 2.31. The Hall–Kier alpha value is -1.27. The van der Waals surface area contributed by atoms with Crippen molar-refractivity contribution >= 4 is 5.82 Å². The number of aliphatic hydroxyl groups is 1. The van der Waals surface area contributed by atoms with Crippen molar-refractivity contribution in [1.29, 1.82) is 0 Å². The summed E-state index contributed by atoms with van der Waals surface area (Å²) < 4.78 is 17.8. The fourth-order valence-electron chi connectivity index (χ4n) is 1.42. The van der Waals surface area contributed by atoms with Gasteiger partial charge in [0.2, 0.25) is 5.95 Å². The van der Waals surface area contributed by atoms with Crippen molar-refractivity contribution in [3.8, 4) is 0 Å². The lowest BCUT2D eigenvalue weighted by Crippen LogP contribution is -2.37. The molecule has 1 unspecified atom stereocenters. The third-order valence-corrected chi connectivity index (χ3v) is 2.31. The molecule has 1 aromatic rings. The van der Waals surface area contributed by atoms with Crippen molar-refractivity contribution < 1.29 is 14.2 Å². The minimum atomic E-state index is -0.874. The highest BCUT2D eigenvalue weighted by atomic mass is 19.1. The average molecular weight is 213 g/mol. The predicted molar refractivity (Wildman–Crippen MR) is 50.9 cm³/mol. The van der Waals surface area contributed by atoms with Gasteiger partial charge < -0.3 is 15.2 Å². The third-order valence-electron chi connectivity index (χ3n) is 2.31. The van der Waals surface area contributed by atoms with Crippen LogP contribution < -0.4 is 5.32 Å². The van der Waals surface area contributed by atoms with Crippen LogP contribution >= 0.6 is 0 Å². The maximum Gasteiger partial charge on any atom is 0.217 e. The molecule has 2 heterocycles. The minimum Gasteiger partial charge on any atom is -0.386 e. The summed E-state index contributed by atoms with van der Waals surface area (Å²) in [5.74, 6) is -0.231. The smallest absolute Gasteiger partial charge is 0.217 e. The summed E-state index contributed by atoms with van der Waals surface area (Å²) in [5.41, 5.74) is -0.874. The van der Waals surface area contributed by atoms with E-state index in [0.717, 1.165) is 6.33 Å². The standard InChI is InChI=1S/C9H12FN3O2/c10-7-3-8(13-6-12-7)11-4-9(14)1-2-15-5-9/h3,6,14H,1-2,4-5H2,(H,11,12,13). The van der Waals surface area contributed by atoms with Crippen LogP contribution in [0, 0.1) is 5.95 Å². The second-order valence-corrected chi connectivity index (χ2v) is 3.61. The quantitative estimate of drug-likeness (QED) is 0.701. The summed E-state index contributed by atoms with van der Waals surface area (Å²) in [7, 11) is 0. The highest BCUT2D eigenvalue weighted by molar-refractivity contribution is 5.32. The molecule has 1 aromatic heterocycles. The SMILES string of the molecule is OC1(CNc2cc(F)ncn2)CCOC1. The number of nitrogens with one attached hydrogen (secondary N) is 1. The van der Waals surface area contributed by atoms with Gasteiger partial charge in [-0.05, 0) is 0 Å². The van der Waals surface area contributed by atoms with Gasteiger partial charge in [-0.3, -0.25) is 0 Å². The average Bonchev–Trinajstić information content (AvgIpc) is 2.63. The number of anilines is 1. The predicted octanol–water partition coefficient (Wildman–Crippen LogP) is 0.179. The number of aromatic nitrogens is 2. The first-order valence-corrected chi connectivity index (χ1v) is 4.70. The summed E-state index contributed by atoms with van der Waals surface area (Å²) in [5, 5.41) is 12.7. The maximum absolute atomic E-state index is 12.7. The monoisotopic (exact) mass is 213 g/mol. The molecule has 0 radical (unpaired) electrons. The summed E-state index contributed by atoms with van der Waals surface area (Å²) in [6, 6.07) is 1.18. The molecule has 0 saturated carbocycles. The molecule has 1 fully saturated rings. The third kappa shape index (κ3) is 2.60. The van der Waals surface area contributed by atoms with Crippen LogP contribution in [0.4, 0.5) is 10.2 Å². The van der Waals surface area contributed by atoms with Gasteiger partial charge in [-0.15, -0.1) is 0 Å². The summed E-state index contributed by atoms with van der Waals surface area (Å²) in [4.78, 5) is 7.15. The van der Waals surface area contributed by atoms with Crippen molar-refractivity contribution in [2.45, 2.75) is 12.0 Å². The van der Waals surface area contributed by atoms with Gasteiger partial charge >= 0.3 is 0 Å². The second-order valence-electron chi connectivity index (χ2n) is 3.61. The molecular formula is C9H12FN3O2. The zero-order valence-corrected chi connectivity index (χ0v) is 8.11. The Morgan fingerprint density at radius 1 is 1.60 bits per heavy atom. The lowest BCUT2D eigenvalue weighted by Gasteiger charge is -2.20. The van der Waals surface area contributed by atoms with Crippen molar-refractivity contribution in [2.24, 2.45) is 0 Å². The molecule has 2 rings (SSSR count). The molecule has 0 bridgehead atoms. The molecule has 15 heavy (non-hydrogen) atoms. The zero-order valence-electron chi connectivity index (χ0n) is 8.11. The van der Waals surface area contributed by atoms with Crippen LogP contribution in [0.2, 0.25) is 0 Å². The van der Waals surface area contributed by atoms with Crippen LogP contribution in [0.1, 0.15) is 6.42 Å². The van der Waals surface area contributed by atoms with E-state index in [1.54, 1.807) is 0 Å². The molecule has 1 saturated heterocycles. The lowest BCUT2D eigenvalue weighted by atomic mass is 10.0. The molecule has 5 nitrogen and oxygen atoms in total. The molecule has 6 heteroatoms. The number of nitrogens with zero attached hydrogens (tertiary/aromatic N) is 2. The van der Waals surface area contributed by atoms with Crippen molar-refractivity contribution in [3.63, 3.8) is 0 Å². The van der Waals surface area contributed by atoms with E-state index in [1.165, 1.54) is 6.07 Å². The Balaban J connectivity index is 1.92. The van der Waals surface area contributed by atoms with Gasteiger partial charge in [0.1, 0.15) is 17.7 Å². The van der Waals surface area contributed by atoms with E-state index < -0.39 is 11.5 Å². The Morgan fingerprint density at radius 3 is 3.13 bits per heavy atom. The molecule has 0 spiro atoms. The van der Waals surface area contributed by atoms with E-state index in [1.807, 2.05) is 0 Å². The van der Waals surface area contributed by atoms with Gasteiger partial charge in [-0.1, -0.05) is 0 Å². The Bertz CT molecular complexity index is 342. The second kappa shape index (κ2) is 4.08. The van der Waals surface area contributed by atoms with Gasteiger partial charge in [0, 0.05) is 25.6 Å². The fraction of sp³-hybridized carbons (Fsp3) is 0.556. The normalized spacial score (nSPS) is 25.5. The van der Waals surface area contributed by atoms with Gasteiger partial charge in [0.05, 0.1) is 6.61 Å². The number of ether oxygens (including phenoxy) is 1. The zero-order chi connectivity index (χ0) is 10.7. The Kier molecular flexibility index (Phi) is 2.79. The van der Waals surface area contributed by atoms with Crippen molar-refractivity contribution in [3.05, 3.63) is 18.3 Å². The van der Waals surface area contributed by atoms with Gasteiger partial charge in [0.25, 0.3) is 0 Å². The van der Waals surface area contributed by atoms with E-state index in [-0.39, 0.29) is 0 Å². The first-order valence-electron chi connectivity index (χ1n) is 4.70. The number of hydrogen-bond acceptors (Lipinski definition) is 5. The largest absolute Gasteiger partial charge is 0.386 e. The highest BCUT2D eigenvalue weighted by Crippen LogP contribution is 2.18. The number of hydrogen-bond donors (Lipinski definition) is 2. The minimum absolute atomic E-state index is 0.295. The summed E-state index contributed by atoms with van der Waals surface area (Å²) in [6.45, 7) is 1.15. The summed E-state index contributed by atoms with van der Waals surface area (Å²) >= 11 is 0. The Morgan fingerprint density at radius 2 is 2.47 bits per heavy atom. The van der Waals surface area contributed by atoms with Crippen LogP contribution in [0.3, 0.4) is 0 Å². The van der Waals surface area contributed by atoms with Gasteiger partial charge in [-0.2, -0.15) is 4.39 Å². The van der Waals surface area contributed by atoms with E-state index >= 15 is 0 Å². The molecule has 0 aliphatic carbocycles. The van der Waals surface area contributed by atoms with Crippen LogP contribution in [-0.2, 0) is 4.74 Å². The molecule has 2 N–H and O–H groups in total. The fourth-order valence-corrected chi connectivity index (χ4v) is 1.42. The van der Waals surface area contributed by atoms with E-state index in [2.05, 4.69) is 15.3 Å². The molecule has 1 aliphatic heterocycles. The van der Waals surface area contributed by atoms with E-state index in [0.29, 0.717) is 32.0 Å². The molecular weight excluding hydrogens is 201 g/mol. The maximum atomic E-state index is 12.7. The molecule has 1 atom stereocenters.